The molecule has 2 saturated heterocycles. The van der Waals surface area contributed by atoms with Crippen molar-refractivity contribution < 1.29 is 0 Å². The molecule has 0 aliphatic carbocycles. The van der Waals surface area contributed by atoms with E-state index >= 15 is 0 Å². The molecule has 7 nitrogen and oxygen atoms in total. The summed E-state index contributed by atoms with van der Waals surface area (Å²) in [4.78, 5) is 28.8. The molecule has 3 N–H and O–H groups in total. The third-order valence-corrected chi connectivity index (χ3v) is 7.82. The number of nitrogens with one attached hydrogen (secondary N) is 3. The minimum Gasteiger partial charge on any atom is -0.365 e. The summed E-state index contributed by atoms with van der Waals surface area (Å²) in [5.41, 5.74) is 4.66. The van der Waals surface area contributed by atoms with E-state index in [1.807, 2.05) is 36.4 Å². The highest BCUT2D eigenvalue weighted by Gasteiger charge is 2.26. The molecule has 1 atom stereocenters. The predicted octanol–water partition coefficient (Wildman–Crippen LogP) is 4.84. The Kier molecular flexibility index (Phi) is 6.62. The quantitative estimate of drug-likeness (QED) is 0.368. The number of aromatic nitrogens is 3. The van der Waals surface area contributed by atoms with Crippen LogP contribution >= 0.6 is 0 Å². The van der Waals surface area contributed by atoms with E-state index in [0.29, 0.717) is 28.9 Å². The molecule has 0 radical (unpaired) electrons. The fourth-order valence-corrected chi connectivity index (χ4v) is 5.77. The van der Waals surface area contributed by atoms with Crippen LogP contribution in [0.2, 0.25) is 0 Å². The number of benzene rings is 2. The van der Waals surface area contributed by atoms with Gasteiger partial charge in [0, 0.05) is 31.1 Å². The maximum absolute atomic E-state index is 13.6. The lowest BCUT2D eigenvalue weighted by Gasteiger charge is -2.33. The normalized spacial score (nSPS) is 18.7. The maximum Gasteiger partial charge on any atom is 0.263 e. The van der Waals surface area contributed by atoms with Crippen molar-refractivity contribution in [1.29, 1.82) is 0 Å². The second-order valence-corrected chi connectivity index (χ2v) is 10.3. The highest BCUT2D eigenvalue weighted by Crippen LogP contribution is 2.32. The molecule has 0 amide bonds. The van der Waals surface area contributed by atoms with Crippen molar-refractivity contribution in [2.45, 2.75) is 44.6 Å². The number of pyridine rings is 1. The number of anilines is 2. The first kappa shape index (κ1) is 23.7. The zero-order valence-corrected chi connectivity index (χ0v) is 21.3. The van der Waals surface area contributed by atoms with Gasteiger partial charge in [-0.2, -0.15) is 4.98 Å². The van der Waals surface area contributed by atoms with Crippen molar-refractivity contribution in [2.75, 3.05) is 36.4 Å². The maximum atomic E-state index is 13.6. The molecule has 1 unspecified atom stereocenters. The summed E-state index contributed by atoms with van der Waals surface area (Å²) in [5, 5.41) is 8.10. The molecular formula is C30H34N6O. The summed E-state index contributed by atoms with van der Waals surface area (Å²) >= 11 is 0. The molecule has 37 heavy (non-hydrogen) atoms. The van der Waals surface area contributed by atoms with Gasteiger partial charge in [-0.1, -0.05) is 48.5 Å². The molecule has 6 rings (SSSR count). The minimum absolute atomic E-state index is 0.153. The van der Waals surface area contributed by atoms with Crippen molar-refractivity contribution in [3.8, 4) is 11.3 Å². The Bertz CT molecular complexity index is 1450. The van der Waals surface area contributed by atoms with Crippen molar-refractivity contribution in [3.05, 3.63) is 82.1 Å². The SMILES string of the molecule is Cc1ccccc1C1CCN(c2nc(NC3CCCNC3)c(-c3ccc4ccccc4n3)c(=O)[nH]2)CC1. The van der Waals surface area contributed by atoms with E-state index in [9.17, 15) is 4.79 Å². The van der Waals surface area contributed by atoms with Gasteiger partial charge in [-0.05, 0) is 68.3 Å². The highest BCUT2D eigenvalue weighted by molar-refractivity contribution is 5.83. The largest absolute Gasteiger partial charge is 0.365 e. The van der Waals surface area contributed by atoms with E-state index in [1.54, 1.807) is 0 Å². The monoisotopic (exact) mass is 494 g/mol. The molecular weight excluding hydrogens is 460 g/mol. The molecule has 7 heteroatoms. The molecule has 4 aromatic rings. The van der Waals surface area contributed by atoms with Gasteiger partial charge in [-0.15, -0.1) is 0 Å². The number of hydrogen-bond acceptors (Lipinski definition) is 6. The Hall–Kier alpha value is -3.71. The van der Waals surface area contributed by atoms with Crippen LogP contribution in [-0.4, -0.2) is 47.2 Å². The van der Waals surface area contributed by atoms with Crippen LogP contribution in [0.25, 0.3) is 22.2 Å². The van der Waals surface area contributed by atoms with E-state index in [1.165, 1.54) is 11.1 Å². The van der Waals surface area contributed by atoms with Gasteiger partial charge in [0.05, 0.1) is 11.2 Å². The van der Waals surface area contributed by atoms with E-state index in [-0.39, 0.29) is 11.6 Å². The first-order valence-electron chi connectivity index (χ1n) is 13.4. The standard InChI is InChI=1S/C30H34N6O/c1-20-7-2-4-10-24(20)21-14-17-36(18-15-21)30-34-28(32-23-9-6-16-31-19-23)27(29(37)35-30)26-13-12-22-8-3-5-11-25(22)33-26/h2-5,7-8,10-13,21,23,31H,6,9,14-19H2,1H3,(H2,32,34,35,37). The van der Waals surface area contributed by atoms with Crippen LogP contribution in [0.3, 0.4) is 0 Å². The lowest BCUT2D eigenvalue weighted by molar-refractivity contribution is 0.478. The van der Waals surface area contributed by atoms with Gasteiger partial charge in [-0.25, -0.2) is 4.98 Å². The van der Waals surface area contributed by atoms with Gasteiger partial charge in [0.1, 0.15) is 11.4 Å². The summed E-state index contributed by atoms with van der Waals surface area (Å²) in [6.07, 6.45) is 4.22. The first-order chi connectivity index (χ1) is 18.2. The number of aryl methyl sites for hydroxylation is 1. The van der Waals surface area contributed by atoms with Gasteiger partial charge in [0.25, 0.3) is 5.56 Å². The topological polar surface area (TPSA) is 85.9 Å². The third-order valence-electron chi connectivity index (χ3n) is 7.82. The van der Waals surface area contributed by atoms with Crippen molar-refractivity contribution in [3.63, 3.8) is 0 Å². The molecule has 2 aromatic carbocycles. The number of H-pyrrole nitrogens is 1. The van der Waals surface area contributed by atoms with Crippen LogP contribution in [0, 0.1) is 6.92 Å². The van der Waals surface area contributed by atoms with Crippen LogP contribution < -0.4 is 21.1 Å². The summed E-state index contributed by atoms with van der Waals surface area (Å²) in [6, 6.07) is 20.8. The summed E-state index contributed by atoms with van der Waals surface area (Å²) in [7, 11) is 0. The van der Waals surface area contributed by atoms with Gasteiger partial charge >= 0.3 is 0 Å². The number of rotatable bonds is 5. The van der Waals surface area contributed by atoms with Gasteiger partial charge in [0.15, 0.2) is 0 Å². The van der Waals surface area contributed by atoms with E-state index in [4.69, 9.17) is 9.97 Å². The Morgan fingerprint density at radius 3 is 2.57 bits per heavy atom. The zero-order chi connectivity index (χ0) is 25.2. The minimum atomic E-state index is -0.153. The van der Waals surface area contributed by atoms with Crippen LogP contribution in [0.4, 0.5) is 11.8 Å². The predicted molar refractivity (Wildman–Crippen MR) is 150 cm³/mol. The molecule has 0 bridgehead atoms. The number of nitrogens with zero attached hydrogens (tertiary/aromatic N) is 3. The van der Waals surface area contributed by atoms with Crippen LogP contribution in [0.15, 0.2) is 65.5 Å². The number of hydrogen-bond donors (Lipinski definition) is 3. The lowest BCUT2D eigenvalue weighted by atomic mass is 9.87. The molecule has 2 aromatic heterocycles. The molecule has 190 valence electrons. The molecule has 0 spiro atoms. The summed E-state index contributed by atoms with van der Waals surface area (Å²) < 4.78 is 0. The molecule has 2 aliphatic heterocycles. The van der Waals surface area contributed by atoms with Crippen molar-refractivity contribution in [1.82, 2.24) is 20.3 Å². The second-order valence-electron chi connectivity index (χ2n) is 10.3. The van der Waals surface area contributed by atoms with Crippen LogP contribution in [-0.2, 0) is 0 Å². The summed E-state index contributed by atoms with van der Waals surface area (Å²) in [5.74, 6) is 1.80. The fourth-order valence-electron chi connectivity index (χ4n) is 5.77. The average molecular weight is 495 g/mol. The van der Waals surface area contributed by atoms with E-state index in [0.717, 1.165) is 62.8 Å². The Balaban J connectivity index is 1.32. The Labute approximate surface area is 217 Å². The van der Waals surface area contributed by atoms with Crippen molar-refractivity contribution in [2.24, 2.45) is 0 Å². The van der Waals surface area contributed by atoms with Crippen molar-refractivity contribution >= 4 is 22.7 Å². The summed E-state index contributed by atoms with van der Waals surface area (Å²) in [6.45, 7) is 5.80. The van der Waals surface area contributed by atoms with Gasteiger partial charge < -0.3 is 15.5 Å². The number of para-hydroxylation sites is 1. The molecule has 2 aliphatic rings. The van der Waals surface area contributed by atoms with E-state index < -0.39 is 0 Å². The molecule has 4 heterocycles. The van der Waals surface area contributed by atoms with Gasteiger partial charge in [0.2, 0.25) is 5.95 Å². The Morgan fingerprint density at radius 2 is 1.76 bits per heavy atom. The molecule has 0 saturated carbocycles. The molecule has 2 fully saturated rings. The Morgan fingerprint density at radius 1 is 0.946 bits per heavy atom. The fraction of sp³-hybridized carbons (Fsp3) is 0.367. The zero-order valence-electron chi connectivity index (χ0n) is 21.3. The first-order valence-corrected chi connectivity index (χ1v) is 13.4. The smallest absolute Gasteiger partial charge is 0.263 e. The van der Waals surface area contributed by atoms with Gasteiger partial charge in [-0.3, -0.25) is 9.78 Å². The number of fused-ring (bicyclic) bond motifs is 1. The van der Waals surface area contributed by atoms with Crippen LogP contribution in [0.5, 0.6) is 0 Å². The second kappa shape index (κ2) is 10.3. The number of aromatic amines is 1. The van der Waals surface area contributed by atoms with Crippen LogP contribution in [0.1, 0.15) is 42.7 Å². The lowest BCUT2D eigenvalue weighted by Crippen LogP contribution is -2.40. The highest BCUT2D eigenvalue weighted by atomic mass is 16.1. The third kappa shape index (κ3) is 4.96. The number of piperidine rings is 2. The van der Waals surface area contributed by atoms with E-state index in [2.05, 4.69) is 51.7 Å². The average Bonchev–Trinajstić information content (AvgIpc) is 2.94.